The molecule has 1 heterocycles. The molecule has 9 heteroatoms. The van der Waals surface area contributed by atoms with E-state index in [4.69, 9.17) is 21.7 Å². The number of methoxy groups -OCH3 is 1. The highest BCUT2D eigenvalue weighted by Gasteiger charge is 2.12. The van der Waals surface area contributed by atoms with E-state index in [1.54, 1.807) is 49.4 Å². The Labute approximate surface area is 165 Å². The van der Waals surface area contributed by atoms with E-state index in [9.17, 15) is 9.59 Å². The number of esters is 1. The molecule has 0 radical (unpaired) electrons. The molecule has 0 amide bonds. The predicted molar refractivity (Wildman–Crippen MR) is 106 cm³/mol. The van der Waals surface area contributed by atoms with Gasteiger partial charge in [0.2, 0.25) is 4.77 Å². The fraction of sp³-hybridized carbons (Fsp3) is 0.105. The van der Waals surface area contributed by atoms with Crippen LogP contribution in [0, 0.1) is 11.7 Å². The van der Waals surface area contributed by atoms with Crippen LogP contribution in [0.1, 0.15) is 21.6 Å². The Morgan fingerprint density at radius 1 is 1.21 bits per heavy atom. The van der Waals surface area contributed by atoms with Crippen molar-refractivity contribution in [3.05, 3.63) is 80.5 Å². The highest BCUT2D eigenvalue weighted by atomic mass is 32.1. The number of aromatic nitrogens is 3. The fourth-order valence-electron chi connectivity index (χ4n) is 2.28. The van der Waals surface area contributed by atoms with Crippen molar-refractivity contribution >= 4 is 24.4 Å². The molecule has 0 spiro atoms. The normalized spacial score (nSPS) is 10.8. The Bertz CT molecular complexity index is 1150. The summed E-state index contributed by atoms with van der Waals surface area (Å²) in [4.78, 5) is 24.3. The van der Waals surface area contributed by atoms with Gasteiger partial charge in [0.1, 0.15) is 5.69 Å². The molecule has 0 fully saturated rings. The second kappa shape index (κ2) is 8.40. The van der Waals surface area contributed by atoms with Crippen LogP contribution in [-0.4, -0.2) is 34.2 Å². The summed E-state index contributed by atoms with van der Waals surface area (Å²) in [5.41, 5.74) is 0.871. The number of hydrogen-bond donors (Lipinski definition) is 1. The van der Waals surface area contributed by atoms with E-state index in [0.29, 0.717) is 16.9 Å². The van der Waals surface area contributed by atoms with Crippen LogP contribution in [0.15, 0.2) is 58.4 Å². The number of benzene rings is 2. The second-order valence-corrected chi connectivity index (χ2v) is 6.03. The van der Waals surface area contributed by atoms with Crippen molar-refractivity contribution in [3.8, 4) is 11.5 Å². The fourth-order valence-corrected chi connectivity index (χ4v) is 2.46. The van der Waals surface area contributed by atoms with E-state index in [2.05, 4.69) is 15.3 Å². The molecule has 0 bridgehead atoms. The molecular weight excluding hydrogens is 380 g/mol. The molecule has 0 aliphatic carbocycles. The van der Waals surface area contributed by atoms with E-state index in [0.717, 1.165) is 4.68 Å². The number of hydrogen-bond acceptors (Lipinski definition) is 7. The lowest BCUT2D eigenvalue weighted by atomic mass is 10.2. The Hall–Kier alpha value is -3.59. The van der Waals surface area contributed by atoms with Gasteiger partial charge in [-0.25, -0.2) is 4.79 Å². The summed E-state index contributed by atoms with van der Waals surface area (Å²) in [6, 6.07) is 13.5. The van der Waals surface area contributed by atoms with Crippen molar-refractivity contribution in [1.82, 2.24) is 14.9 Å². The molecule has 1 N–H and O–H groups in total. The van der Waals surface area contributed by atoms with Gasteiger partial charge < -0.3 is 9.47 Å². The number of carbonyl (C=O) groups excluding carboxylic acids is 1. The number of nitrogens with one attached hydrogen (secondary N) is 1. The Kier molecular flexibility index (Phi) is 5.75. The number of nitrogens with zero attached hydrogens (tertiary/aromatic N) is 3. The first-order chi connectivity index (χ1) is 13.5. The van der Waals surface area contributed by atoms with Gasteiger partial charge in [-0.2, -0.15) is 14.9 Å². The maximum atomic E-state index is 12.2. The van der Waals surface area contributed by atoms with E-state index in [-0.39, 0.29) is 16.2 Å². The molecule has 3 aromatic rings. The van der Waals surface area contributed by atoms with Crippen LogP contribution in [0.25, 0.3) is 0 Å². The second-order valence-electron chi connectivity index (χ2n) is 5.64. The minimum absolute atomic E-state index is 0.0761. The van der Waals surface area contributed by atoms with Gasteiger partial charge in [-0.3, -0.25) is 9.89 Å². The summed E-state index contributed by atoms with van der Waals surface area (Å²) in [5, 5.41) is 10.4. The molecule has 0 atom stereocenters. The summed E-state index contributed by atoms with van der Waals surface area (Å²) in [6.07, 6.45) is 1.44. The highest BCUT2D eigenvalue weighted by Crippen LogP contribution is 2.28. The summed E-state index contributed by atoms with van der Waals surface area (Å²) < 4.78 is 11.8. The van der Waals surface area contributed by atoms with Crippen LogP contribution in [0.2, 0.25) is 0 Å². The third-order valence-corrected chi connectivity index (χ3v) is 4.00. The van der Waals surface area contributed by atoms with Crippen LogP contribution in [0.3, 0.4) is 0 Å². The van der Waals surface area contributed by atoms with E-state index in [1.807, 2.05) is 6.07 Å². The minimum atomic E-state index is -0.495. The van der Waals surface area contributed by atoms with Crippen molar-refractivity contribution in [2.45, 2.75) is 6.92 Å². The quantitative estimate of drug-likeness (QED) is 0.308. The lowest BCUT2D eigenvalue weighted by Gasteiger charge is -2.10. The van der Waals surface area contributed by atoms with Gasteiger partial charge >= 0.3 is 5.97 Å². The molecule has 3 rings (SSSR count). The monoisotopic (exact) mass is 396 g/mol. The summed E-state index contributed by atoms with van der Waals surface area (Å²) in [6.45, 7) is 1.55. The maximum Gasteiger partial charge on any atom is 0.343 e. The van der Waals surface area contributed by atoms with Gasteiger partial charge in [-0.1, -0.05) is 18.2 Å². The first-order valence-corrected chi connectivity index (χ1v) is 8.58. The van der Waals surface area contributed by atoms with Gasteiger partial charge in [-0.05, 0) is 55.0 Å². The third-order valence-electron chi connectivity index (χ3n) is 3.74. The zero-order valence-electron chi connectivity index (χ0n) is 15.1. The lowest BCUT2D eigenvalue weighted by molar-refractivity contribution is 0.0729. The molecule has 1 aromatic heterocycles. The molecule has 28 heavy (non-hydrogen) atoms. The molecule has 2 aromatic carbocycles. The van der Waals surface area contributed by atoms with Crippen LogP contribution in [-0.2, 0) is 0 Å². The molecule has 0 unspecified atom stereocenters. The van der Waals surface area contributed by atoms with Gasteiger partial charge in [0.05, 0.1) is 18.9 Å². The molecule has 8 nitrogen and oxygen atoms in total. The summed E-state index contributed by atoms with van der Waals surface area (Å²) in [7, 11) is 1.46. The maximum absolute atomic E-state index is 12.2. The number of ether oxygens (including phenoxy) is 2. The number of carbonyl (C=O) groups is 1. The highest BCUT2D eigenvalue weighted by molar-refractivity contribution is 7.71. The number of H-pyrrole nitrogens is 1. The van der Waals surface area contributed by atoms with Crippen molar-refractivity contribution in [2.75, 3.05) is 7.11 Å². The average molecular weight is 396 g/mol. The number of aromatic amines is 1. The summed E-state index contributed by atoms with van der Waals surface area (Å²) >= 11 is 5.03. The van der Waals surface area contributed by atoms with Gasteiger partial charge in [0, 0.05) is 0 Å². The third kappa shape index (κ3) is 4.21. The van der Waals surface area contributed by atoms with Crippen LogP contribution in [0.4, 0.5) is 0 Å². The van der Waals surface area contributed by atoms with Crippen molar-refractivity contribution in [1.29, 1.82) is 0 Å². The molecule has 0 saturated carbocycles. The first kappa shape index (κ1) is 19.2. The zero-order valence-corrected chi connectivity index (χ0v) is 15.9. The lowest BCUT2D eigenvalue weighted by Crippen LogP contribution is -2.22. The topological polar surface area (TPSA) is 98.6 Å². The van der Waals surface area contributed by atoms with Crippen molar-refractivity contribution < 1.29 is 14.3 Å². The number of aryl methyl sites for hydroxylation is 1. The van der Waals surface area contributed by atoms with E-state index < -0.39 is 11.5 Å². The van der Waals surface area contributed by atoms with Crippen LogP contribution >= 0.6 is 12.2 Å². The van der Waals surface area contributed by atoms with E-state index in [1.165, 1.54) is 13.3 Å². The van der Waals surface area contributed by atoms with Crippen molar-refractivity contribution in [3.63, 3.8) is 0 Å². The Balaban J connectivity index is 1.86. The predicted octanol–water partition coefficient (Wildman–Crippen LogP) is 2.72. The Morgan fingerprint density at radius 2 is 1.96 bits per heavy atom. The average Bonchev–Trinajstić information content (AvgIpc) is 2.72. The SMILES string of the molecule is COc1cc(C=Nn2c(=S)[nH]nc(C)c2=O)ccc1OC(=O)c1ccccc1. The molecular formula is C19H16N4O4S. The van der Waals surface area contributed by atoms with E-state index >= 15 is 0 Å². The van der Waals surface area contributed by atoms with Gasteiger partial charge in [0.15, 0.2) is 11.5 Å². The largest absolute Gasteiger partial charge is 0.493 e. The zero-order chi connectivity index (χ0) is 20.1. The summed E-state index contributed by atoms with van der Waals surface area (Å²) in [5.74, 6) is 0.116. The van der Waals surface area contributed by atoms with Crippen molar-refractivity contribution in [2.24, 2.45) is 5.10 Å². The molecule has 0 aliphatic heterocycles. The van der Waals surface area contributed by atoms with Crippen LogP contribution < -0.4 is 15.0 Å². The van der Waals surface area contributed by atoms with Gasteiger partial charge in [-0.15, -0.1) is 0 Å². The smallest absolute Gasteiger partial charge is 0.343 e. The standard InChI is InChI=1S/C19H16N4O4S/c1-12-17(24)23(19(28)22-21-12)20-11-13-8-9-15(16(10-13)26-2)27-18(25)14-6-4-3-5-7-14/h3-11H,1-2H3,(H,22,28). The van der Waals surface area contributed by atoms with Crippen LogP contribution in [0.5, 0.6) is 11.5 Å². The molecule has 0 aliphatic rings. The molecule has 0 saturated heterocycles. The Morgan fingerprint density at radius 3 is 2.68 bits per heavy atom. The molecule has 142 valence electrons. The van der Waals surface area contributed by atoms with Gasteiger partial charge in [0.25, 0.3) is 5.56 Å². The minimum Gasteiger partial charge on any atom is -0.493 e. The number of rotatable bonds is 5. The first-order valence-electron chi connectivity index (χ1n) is 8.17.